The van der Waals surface area contributed by atoms with E-state index in [2.05, 4.69) is 56.4 Å². The first-order valence-corrected chi connectivity index (χ1v) is 7.11. The fourth-order valence-corrected chi connectivity index (χ4v) is 2.29. The fourth-order valence-electron chi connectivity index (χ4n) is 2.29. The lowest BCUT2D eigenvalue weighted by molar-refractivity contribution is 0.414. The highest BCUT2D eigenvalue weighted by Crippen LogP contribution is 2.28. The van der Waals surface area contributed by atoms with E-state index in [-0.39, 0.29) is 0 Å². The lowest BCUT2D eigenvalue weighted by Crippen LogP contribution is -2.12. The molecule has 0 saturated carbocycles. The third-order valence-corrected chi connectivity index (χ3v) is 3.70. The van der Waals surface area contributed by atoms with Gasteiger partial charge in [0.2, 0.25) is 0 Å². The number of ether oxygens (including phenoxy) is 1. The van der Waals surface area contributed by atoms with Crippen molar-refractivity contribution in [2.45, 2.75) is 27.3 Å². The monoisotopic (exact) mass is 269 g/mol. The summed E-state index contributed by atoms with van der Waals surface area (Å²) in [5.74, 6) is 0.908. The molecule has 106 valence electrons. The molecule has 2 heteroatoms. The molecule has 0 aliphatic heterocycles. The molecule has 0 amide bonds. The molecule has 0 heterocycles. The van der Waals surface area contributed by atoms with E-state index in [4.69, 9.17) is 4.74 Å². The summed E-state index contributed by atoms with van der Waals surface area (Å²) in [6.45, 7) is 8.24. The number of rotatable bonds is 5. The van der Waals surface area contributed by atoms with E-state index in [0.29, 0.717) is 0 Å². The van der Waals surface area contributed by atoms with Gasteiger partial charge < -0.3 is 10.1 Å². The predicted octanol–water partition coefficient (Wildman–Crippen LogP) is 4.09. The largest absolute Gasteiger partial charge is 0.497 e. The average molecular weight is 269 g/mol. The second-order valence-corrected chi connectivity index (χ2v) is 5.10. The maximum absolute atomic E-state index is 5.34. The van der Waals surface area contributed by atoms with Gasteiger partial charge in [0.1, 0.15) is 5.75 Å². The normalized spacial score (nSPS) is 10.6. The standard InChI is InChI=1S/C18H23NO/c1-5-19-12-16-11-17(20-4)8-9-18(16)15-7-6-13(2)14(3)10-15/h6-11,19H,5,12H2,1-4H3. The van der Waals surface area contributed by atoms with Crippen molar-refractivity contribution in [2.75, 3.05) is 13.7 Å². The molecule has 20 heavy (non-hydrogen) atoms. The maximum atomic E-state index is 5.34. The van der Waals surface area contributed by atoms with Crippen molar-refractivity contribution in [3.8, 4) is 16.9 Å². The molecule has 0 bridgehead atoms. The van der Waals surface area contributed by atoms with Gasteiger partial charge in [0.05, 0.1) is 7.11 Å². The minimum absolute atomic E-state index is 0.857. The van der Waals surface area contributed by atoms with Crippen LogP contribution in [0.4, 0.5) is 0 Å². The van der Waals surface area contributed by atoms with Gasteiger partial charge in [-0.15, -0.1) is 0 Å². The predicted molar refractivity (Wildman–Crippen MR) is 85.3 cm³/mol. The maximum Gasteiger partial charge on any atom is 0.119 e. The molecule has 2 aromatic rings. The Hall–Kier alpha value is -1.80. The molecule has 0 aliphatic carbocycles. The topological polar surface area (TPSA) is 21.3 Å². The molecule has 0 atom stereocenters. The quantitative estimate of drug-likeness (QED) is 0.882. The minimum atomic E-state index is 0.857. The van der Waals surface area contributed by atoms with Crippen molar-refractivity contribution < 1.29 is 4.74 Å². The van der Waals surface area contributed by atoms with Crippen LogP contribution < -0.4 is 10.1 Å². The van der Waals surface area contributed by atoms with Crippen LogP contribution in [-0.2, 0) is 6.54 Å². The Balaban J connectivity index is 2.45. The number of nitrogens with one attached hydrogen (secondary N) is 1. The van der Waals surface area contributed by atoms with Gasteiger partial charge in [-0.3, -0.25) is 0 Å². The SMILES string of the molecule is CCNCc1cc(OC)ccc1-c1ccc(C)c(C)c1. The van der Waals surface area contributed by atoms with Crippen LogP contribution >= 0.6 is 0 Å². The zero-order valence-corrected chi connectivity index (χ0v) is 12.8. The van der Waals surface area contributed by atoms with Gasteiger partial charge in [0, 0.05) is 6.54 Å². The fraction of sp³-hybridized carbons (Fsp3) is 0.333. The van der Waals surface area contributed by atoms with Crippen molar-refractivity contribution in [1.29, 1.82) is 0 Å². The summed E-state index contributed by atoms with van der Waals surface area (Å²) in [7, 11) is 1.71. The number of hydrogen-bond acceptors (Lipinski definition) is 2. The van der Waals surface area contributed by atoms with Crippen LogP contribution in [0.15, 0.2) is 36.4 Å². The van der Waals surface area contributed by atoms with Gasteiger partial charge in [-0.05, 0) is 60.3 Å². The summed E-state index contributed by atoms with van der Waals surface area (Å²) in [5, 5.41) is 3.40. The van der Waals surface area contributed by atoms with Crippen LogP contribution in [0.5, 0.6) is 5.75 Å². The molecule has 2 rings (SSSR count). The summed E-state index contributed by atoms with van der Waals surface area (Å²) in [6, 6.07) is 12.9. The summed E-state index contributed by atoms with van der Waals surface area (Å²) >= 11 is 0. The zero-order chi connectivity index (χ0) is 14.5. The second kappa shape index (κ2) is 6.58. The van der Waals surface area contributed by atoms with Crippen LogP contribution in [0.1, 0.15) is 23.6 Å². The van der Waals surface area contributed by atoms with Gasteiger partial charge in [0.15, 0.2) is 0 Å². The summed E-state index contributed by atoms with van der Waals surface area (Å²) < 4.78 is 5.34. The van der Waals surface area contributed by atoms with E-state index < -0.39 is 0 Å². The summed E-state index contributed by atoms with van der Waals surface area (Å²) in [5.41, 5.74) is 6.47. The van der Waals surface area contributed by atoms with Gasteiger partial charge in [-0.2, -0.15) is 0 Å². The van der Waals surface area contributed by atoms with Gasteiger partial charge in [-0.25, -0.2) is 0 Å². The van der Waals surface area contributed by atoms with E-state index >= 15 is 0 Å². The van der Waals surface area contributed by atoms with E-state index in [1.165, 1.54) is 27.8 Å². The highest BCUT2D eigenvalue weighted by Gasteiger charge is 2.07. The second-order valence-electron chi connectivity index (χ2n) is 5.10. The Bertz CT molecular complexity index is 590. The first-order chi connectivity index (χ1) is 9.65. The first kappa shape index (κ1) is 14.6. The van der Waals surface area contributed by atoms with Crippen LogP contribution in [0.25, 0.3) is 11.1 Å². The number of benzene rings is 2. The lowest BCUT2D eigenvalue weighted by Gasteiger charge is -2.13. The van der Waals surface area contributed by atoms with Crippen molar-refractivity contribution in [3.05, 3.63) is 53.1 Å². The van der Waals surface area contributed by atoms with E-state index in [9.17, 15) is 0 Å². The molecular weight excluding hydrogens is 246 g/mol. The Labute approximate surface area is 121 Å². The van der Waals surface area contributed by atoms with Crippen LogP contribution in [0.3, 0.4) is 0 Å². The lowest BCUT2D eigenvalue weighted by atomic mass is 9.96. The van der Waals surface area contributed by atoms with Crippen molar-refractivity contribution in [1.82, 2.24) is 5.32 Å². The molecule has 0 saturated heterocycles. The van der Waals surface area contributed by atoms with Crippen LogP contribution in [0.2, 0.25) is 0 Å². The number of hydrogen-bond donors (Lipinski definition) is 1. The molecule has 0 aromatic heterocycles. The summed E-state index contributed by atoms with van der Waals surface area (Å²) in [4.78, 5) is 0. The number of methoxy groups -OCH3 is 1. The molecular formula is C18H23NO. The smallest absolute Gasteiger partial charge is 0.119 e. The van der Waals surface area contributed by atoms with Crippen LogP contribution in [-0.4, -0.2) is 13.7 Å². The van der Waals surface area contributed by atoms with Crippen molar-refractivity contribution in [3.63, 3.8) is 0 Å². The van der Waals surface area contributed by atoms with Crippen molar-refractivity contribution in [2.24, 2.45) is 0 Å². The minimum Gasteiger partial charge on any atom is -0.497 e. The molecule has 2 aromatic carbocycles. The molecule has 0 unspecified atom stereocenters. The Morgan fingerprint density at radius 1 is 1.00 bits per heavy atom. The zero-order valence-electron chi connectivity index (χ0n) is 12.8. The van der Waals surface area contributed by atoms with Gasteiger partial charge in [0.25, 0.3) is 0 Å². The molecule has 1 N–H and O–H groups in total. The highest BCUT2D eigenvalue weighted by atomic mass is 16.5. The molecule has 0 fully saturated rings. The van der Waals surface area contributed by atoms with Crippen LogP contribution in [0, 0.1) is 13.8 Å². The third kappa shape index (κ3) is 3.20. The Kier molecular flexibility index (Phi) is 4.80. The Morgan fingerprint density at radius 2 is 1.80 bits per heavy atom. The van der Waals surface area contributed by atoms with E-state index in [1.807, 2.05) is 6.07 Å². The number of aryl methyl sites for hydroxylation is 2. The van der Waals surface area contributed by atoms with E-state index in [0.717, 1.165) is 18.8 Å². The summed E-state index contributed by atoms with van der Waals surface area (Å²) in [6.07, 6.45) is 0. The molecule has 2 nitrogen and oxygen atoms in total. The van der Waals surface area contributed by atoms with E-state index in [1.54, 1.807) is 7.11 Å². The van der Waals surface area contributed by atoms with Gasteiger partial charge >= 0.3 is 0 Å². The van der Waals surface area contributed by atoms with Crippen molar-refractivity contribution >= 4 is 0 Å². The average Bonchev–Trinajstić information content (AvgIpc) is 2.47. The molecule has 0 spiro atoms. The molecule has 0 radical (unpaired) electrons. The Morgan fingerprint density at radius 3 is 2.45 bits per heavy atom. The molecule has 0 aliphatic rings. The first-order valence-electron chi connectivity index (χ1n) is 7.11. The third-order valence-electron chi connectivity index (χ3n) is 3.70. The highest BCUT2D eigenvalue weighted by molar-refractivity contribution is 5.69. The van der Waals surface area contributed by atoms with Gasteiger partial charge in [-0.1, -0.05) is 31.2 Å².